The summed E-state index contributed by atoms with van der Waals surface area (Å²) < 4.78 is 26.9. The summed E-state index contributed by atoms with van der Waals surface area (Å²) in [7, 11) is -3.71. The third kappa shape index (κ3) is 3.95. The molecule has 1 aromatic carbocycles. The average molecular weight is 313 g/mol. The van der Waals surface area contributed by atoms with E-state index in [9.17, 15) is 13.2 Å². The third-order valence-corrected chi connectivity index (χ3v) is 5.12. The van der Waals surface area contributed by atoms with E-state index in [0.717, 1.165) is 0 Å². The number of carbonyl (C=O) groups is 1. The number of hydrogen-bond acceptors (Lipinski definition) is 4. The maximum absolute atomic E-state index is 12.7. The van der Waals surface area contributed by atoms with E-state index in [1.54, 1.807) is 0 Å². The molecule has 0 spiro atoms. The first-order valence-electron chi connectivity index (χ1n) is 6.78. The van der Waals surface area contributed by atoms with Gasteiger partial charge in [0.2, 0.25) is 15.9 Å². The Balaban J connectivity index is 3.31. The predicted octanol–water partition coefficient (Wildman–Crippen LogP) is 1.42. The number of nitrogen functional groups attached to an aromatic ring is 1. The predicted molar refractivity (Wildman–Crippen MR) is 83.2 cm³/mol. The Morgan fingerprint density at radius 2 is 1.81 bits per heavy atom. The van der Waals surface area contributed by atoms with Crippen LogP contribution in [0.1, 0.15) is 38.1 Å². The molecule has 1 rings (SSSR count). The minimum atomic E-state index is -3.71. The van der Waals surface area contributed by atoms with Crippen molar-refractivity contribution in [2.45, 2.75) is 38.6 Å². The number of carbonyl (C=O) groups excluding carboxylic acids is 1. The normalized spacial score (nSPS) is 12.3. The number of amides is 1. The van der Waals surface area contributed by atoms with E-state index in [2.05, 4.69) is 0 Å². The molecule has 118 valence electrons. The molecule has 0 bridgehead atoms. The highest BCUT2D eigenvalue weighted by molar-refractivity contribution is 7.89. The topological polar surface area (TPSA) is 106 Å². The summed E-state index contributed by atoms with van der Waals surface area (Å²) in [6, 6.07) is 3.82. The van der Waals surface area contributed by atoms with Gasteiger partial charge in [-0.25, -0.2) is 8.42 Å². The monoisotopic (exact) mass is 313 g/mol. The van der Waals surface area contributed by atoms with Crippen molar-refractivity contribution < 1.29 is 13.2 Å². The zero-order valence-electron chi connectivity index (χ0n) is 12.8. The molecular weight excluding hydrogens is 290 g/mol. The van der Waals surface area contributed by atoms with Gasteiger partial charge in [0.1, 0.15) is 4.90 Å². The highest BCUT2D eigenvalue weighted by atomic mass is 32.2. The molecule has 0 aliphatic heterocycles. The van der Waals surface area contributed by atoms with Crippen molar-refractivity contribution in [2.75, 3.05) is 12.3 Å². The Morgan fingerprint density at radius 3 is 2.19 bits per heavy atom. The highest BCUT2D eigenvalue weighted by Crippen LogP contribution is 2.25. The van der Waals surface area contributed by atoms with Crippen LogP contribution in [0, 0.1) is 5.92 Å². The zero-order valence-corrected chi connectivity index (χ0v) is 13.6. The lowest BCUT2D eigenvalue weighted by Gasteiger charge is -2.28. The van der Waals surface area contributed by atoms with Gasteiger partial charge < -0.3 is 11.5 Å². The molecule has 0 aliphatic rings. The summed E-state index contributed by atoms with van der Waals surface area (Å²) in [6.45, 7) is 7.92. The van der Waals surface area contributed by atoms with Gasteiger partial charge in [-0.2, -0.15) is 4.31 Å². The Kier molecular flexibility index (Phi) is 5.36. The van der Waals surface area contributed by atoms with Gasteiger partial charge >= 0.3 is 0 Å². The molecule has 1 amide bonds. The van der Waals surface area contributed by atoms with Gasteiger partial charge in [0.25, 0.3) is 0 Å². The van der Waals surface area contributed by atoms with Crippen LogP contribution in [-0.4, -0.2) is 31.2 Å². The van der Waals surface area contributed by atoms with Crippen LogP contribution in [0.5, 0.6) is 0 Å². The maximum Gasteiger partial charge on any atom is 0.248 e. The molecule has 0 heterocycles. The van der Waals surface area contributed by atoms with Crippen molar-refractivity contribution in [3.63, 3.8) is 0 Å². The van der Waals surface area contributed by atoms with Crippen molar-refractivity contribution in [1.29, 1.82) is 0 Å². The molecule has 0 saturated heterocycles. The number of sulfonamides is 1. The molecule has 7 heteroatoms. The number of nitrogens with two attached hydrogens (primary N) is 2. The molecule has 0 atom stereocenters. The van der Waals surface area contributed by atoms with Crippen LogP contribution in [0.15, 0.2) is 23.1 Å². The Morgan fingerprint density at radius 1 is 1.24 bits per heavy atom. The largest absolute Gasteiger partial charge is 0.398 e. The van der Waals surface area contributed by atoms with Crippen molar-refractivity contribution in [2.24, 2.45) is 11.7 Å². The lowest BCUT2D eigenvalue weighted by Crippen LogP contribution is -2.39. The highest BCUT2D eigenvalue weighted by Gasteiger charge is 2.29. The van der Waals surface area contributed by atoms with Gasteiger partial charge in [0.15, 0.2) is 0 Å². The summed E-state index contributed by atoms with van der Waals surface area (Å²) in [6.07, 6.45) is 0. The number of primary amides is 1. The van der Waals surface area contributed by atoms with Crippen LogP contribution in [0.3, 0.4) is 0 Å². The first kappa shape index (κ1) is 17.5. The number of nitrogens with zero attached hydrogens (tertiary/aromatic N) is 1. The summed E-state index contributed by atoms with van der Waals surface area (Å²) in [4.78, 5) is 11.1. The zero-order chi connectivity index (χ0) is 16.4. The first-order valence-corrected chi connectivity index (χ1v) is 8.22. The molecule has 0 saturated carbocycles. The lowest BCUT2D eigenvalue weighted by molar-refractivity contribution is 0.1000. The van der Waals surface area contributed by atoms with E-state index in [1.165, 1.54) is 22.5 Å². The van der Waals surface area contributed by atoms with Crippen molar-refractivity contribution in [1.82, 2.24) is 4.31 Å². The molecule has 0 fully saturated rings. The maximum atomic E-state index is 12.7. The van der Waals surface area contributed by atoms with E-state index in [-0.39, 0.29) is 28.1 Å². The molecule has 0 unspecified atom stereocenters. The Labute approximate surface area is 126 Å². The summed E-state index contributed by atoms with van der Waals surface area (Å²) in [5.74, 6) is -0.457. The van der Waals surface area contributed by atoms with Crippen LogP contribution < -0.4 is 11.5 Å². The van der Waals surface area contributed by atoms with Gasteiger partial charge in [-0.1, -0.05) is 13.8 Å². The second-order valence-electron chi connectivity index (χ2n) is 5.68. The summed E-state index contributed by atoms with van der Waals surface area (Å²) >= 11 is 0. The smallest absolute Gasteiger partial charge is 0.248 e. The van der Waals surface area contributed by atoms with Gasteiger partial charge in [-0.15, -0.1) is 0 Å². The molecule has 21 heavy (non-hydrogen) atoms. The number of hydrogen-bond donors (Lipinski definition) is 2. The van der Waals surface area contributed by atoms with Gasteiger partial charge in [-0.3, -0.25) is 4.79 Å². The minimum absolute atomic E-state index is 0.00171. The van der Waals surface area contributed by atoms with Crippen LogP contribution in [-0.2, 0) is 10.0 Å². The van der Waals surface area contributed by atoms with E-state index in [1.807, 2.05) is 27.7 Å². The van der Waals surface area contributed by atoms with E-state index in [0.29, 0.717) is 6.54 Å². The van der Waals surface area contributed by atoms with Crippen LogP contribution in [0.2, 0.25) is 0 Å². The van der Waals surface area contributed by atoms with E-state index >= 15 is 0 Å². The quantitative estimate of drug-likeness (QED) is 0.774. The van der Waals surface area contributed by atoms with E-state index < -0.39 is 15.9 Å². The lowest BCUT2D eigenvalue weighted by atomic mass is 10.2. The van der Waals surface area contributed by atoms with Crippen LogP contribution in [0.25, 0.3) is 0 Å². The fraction of sp³-hybridized carbons (Fsp3) is 0.500. The molecular formula is C14H23N3O3S. The molecule has 0 aliphatic carbocycles. The fourth-order valence-corrected chi connectivity index (χ4v) is 3.91. The van der Waals surface area contributed by atoms with Gasteiger partial charge in [0, 0.05) is 18.2 Å². The molecule has 4 N–H and O–H groups in total. The minimum Gasteiger partial charge on any atom is -0.398 e. The summed E-state index contributed by atoms with van der Waals surface area (Å²) in [5, 5.41) is 0. The fourth-order valence-electron chi connectivity index (χ4n) is 2.01. The van der Waals surface area contributed by atoms with Crippen LogP contribution >= 0.6 is 0 Å². The second-order valence-corrected chi connectivity index (χ2v) is 7.54. The SMILES string of the molecule is CC(C)CN(C(C)C)S(=O)(=O)c1ccc(C(N)=O)cc1N. The molecule has 0 radical (unpaired) electrons. The number of rotatable bonds is 6. The van der Waals surface area contributed by atoms with Gasteiger partial charge in [0.05, 0.1) is 5.69 Å². The van der Waals surface area contributed by atoms with E-state index in [4.69, 9.17) is 11.5 Å². The van der Waals surface area contributed by atoms with Crippen molar-refractivity contribution in [3.8, 4) is 0 Å². The number of benzene rings is 1. The van der Waals surface area contributed by atoms with Crippen molar-refractivity contribution in [3.05, 3.63) is 23.8 Å². The molecule has 6 nitrogen and oxygen atoms in total. The molecule has 0 aromatic heterocycles. The standard InChI is InChI=1S/C14H23N3O3S/c1-9(2)8-17(10(3)4)21(19,20)13-6-5-11(14(16)18)7-12(13)15/h5-7,9-10H,8,15H2,1-4H3,(H2,16,18). The first-order chi connectivity index (χ1) is 9.57. The van der Waals surface area contributed by atoms with Gasteiger partial charge in [-0.05, 0) is 38.0 Å². The average Bonchev–Trinajstić information content (AvgIpc) is 2.34. The third-order valence-electron chi connectivity index (χ3n) is 3.00. The molecule has 1 aromatic rings. The number of anilines is 1. The van der Waals surface area contributed by atoms with Crippen molar-refractivity contribution >= 4 is 21.6 Å². The Hall–Kier alpha value is -1.60. The Bertz CT molecular complexity index is 624. The second kappa shape index (κ2) is 6.44. The van der Waals surface area contributed by atoms with Crippen LogP contribution in [0.4, 0.5) is 5.69 Å². The summed E-state index contributed by atoms with van der Waals surface area (Å²) in [5.41, 5.74) is 11.2.